The Morgan fingerprint density at radius 2 is 2.16 bits per heavy atom. The second-order valence-corrected chi connectivity index (χ2v) is 3.68. The number of benzene rings is 1. The summed E-state index contributed by atoms with van der Waals surface area (Å²) in [6.07, 6.45) is 2.66. The Labute approximate surface area is 107 Å². The van der Waals surface area contributed by atoms with Gasteiger partial charge in [-0.2, -0.15) is 5.26 Å². The minimum atomic E-state index is -0.662. The molecule has 2 rings (SSSR count). The summed E-state index contributed by atoms with van der Waals surface area (Å²) in [6.45, 7) is 0. The third-order valence-corrected chi connectivity index (χ3v) is 2.42. The zero-order valence-corrected chi connectivity index (χ0v) is 9.61. The molecule has 6 heteroatoms. The summed E-state index contributed by atoms with van der Waals surface area (Å²) >= 11 is 0. The van der Waals surface area contributed by atoms with Crippen molar-refractivity contribution >= 4 is 11.6 Å². The van der Waals surface area contributed by atoms with E-state index >= 15 is 0 Å². The van der Waals surface area contributed by atoms with Crippen LogP contribution < -0.4 is 10.7 Å². The number of amides is 1. The molecular weight excluding hydrogens is 249 g/mol. The number of nitriles is 1. The molecule has 0 radical (unpaired) electrons. The van der Waals surface area contributed by atoms with Gasteiger partial charge in [-0.05, 0) is 18.2 Å². The largest absolute Gasteiger partial charge is 0.367 e. The smallest absolute Gasteiger partial charge is 0.261 e. The summed E-state index contributed by atoms with van der Waals surface area (Å²) in [7, 11) is 0. The van der Waals surface area contributed by atoms with Gasteiger partial charge in [-0.3, -0.25) is 9.59 Å². The Morgan fingerprint density at radius 1 is 1.37 bits per heavy atom. The molecule has 0 aliphatic carbocycles. The molecular formula is C13H8FN3O2. The molecule has 1 aromatic carbocycles. The van der Waals surface area contributed by atoms with Crippen LogP contribution in [0.4, 0.5) is 10.1 Å². The van der Waals surface area contributed by atoms with Gasteiger partial charge in [-0.25, -0.2) is 4.39 Å². The van der Waals surface area contributed by atoms with Crippen LogP contribution in [0.5, 0.6) is 0 Å². The van der Waals surface area contributed by atoms with Crippen LogP contribution in [0.1, 0.15) is 15.9 Å². The number of nitrogens with one attached hydrogen (secondary N) is 2. The van der Waals surface area contributed by atoms with E-state index in [2.05, 4.69) is 10.3 Å². The van der Waals surface area contributed by atoms with Crippen LogP contribution in [0.3, 0.4) is 0 Å². The van der Waals surface area contributed by atoms with Crippen molar-refractivity contribution < 1.29 is 9.18 Å². The van der Waals surface area contributed by atoms with Gasteiger partial charge >= 0.3 is 0 Å². The highest BCUT2D eigenvalue weighted by Crippen LogP contribution is 2.16. The molecule has 0 aliphatic heterocycles. The van der Waals surface area contributed by atoms with E-state index in [1.54, 1.807) is 6.07 Å². The first-order valence-electron chi connectivity index (χ1n) is 5.30. The van der Waals surface area contributed by atoms with E-state index < -0.39 is 17.2 Å². The molecule has 1 amide bonds. The highest BCUT2D eigenvalue weighted by atomic mass is 19.1. The van der Waals surface area contributed by atoms with Gasteiger partial charge in [0.05, 0.1) is 11.3 Å². The Kier molecular flexibility index (Phi) is 3.39. The van der Waals surface area contributed by atoms with Gasteiger partial charge in [0.2, 0.25) is 0 Å². The van der Waals surface area contributed by atoms with E-state index in [9.17, 15) is 14.0 Å². The molecule has 0 spiro atoms. The van der Waals surface area contributed by atoms with Gasteiger partial charge in [0, 0.05) is 18.5 Å². The number of carbonyl (C=O) groups is 1. The van der Waals surface area contributed by atoms with Crippen LogP contribution in [-0.2, 0) is 0 Å². The summed E-state index contributed by atoms with van der Waals surface area (Å²) < 4.78 is 12.9. The number of carbonyl (C=O) groups excluding carboxylic acids is 1. The SMILES string of the molecule is N#Cc1cc(F)ccc1NC(=O)c1c[nH]ccc1=O. The first-order valence-corrected chi connectivity index (χ1v) is 5.30. The molecule has 0 saturated carbocycles. The van der Waals surface area contributed by atoms with Crippen molar-refractivity contribution in [2.24, 2.45) is 0 Å². The summed E-state index contributed by atoms with van der Waals surface area (Å²) in [5.74, 6) is -1.24. The van der Waals surface area contributed by atoms with Gasteiger partial charge in [-0.1, -0.05) is 0 Å². The number of hydrogen-bond donors (Lipinski definition) is 2. The van der Waals surface area contributed by atoms with Crippen LogP contribution in [0.25, 0.3) is 0 Å². The maximum absolute atomic E-state index is 12.9. The predicted molar refractivity (Wildman–Crippen MR) is 66.1 cm³/mol. The van der Waals surface area contributed by atoms with Gasteiger partial charge in [0.15, 0.2) is 5.43 Å². The summed E-state index contributed by atoms with van der Waals surface area (Å²) in [5, 5.41) is 11.2. The predicted octanol–water partition coefficient (Wildman–Crippen LogP) is 1.64. The number of H-pyrrole nitrogens is 1. The van der Waals surface area contributed by atoms with E-state index in [1.807, 2.05) is 0 Å². The molecule has 94 valence electrons. The summed E-state index contributed by atoms with van der Waals surface area (Å²) in [6, 6.07) is 6.37. The molecule has 5 nitrogen and oxygen atoms in total. The average molecular weight is 257 g/mol. The maximum Gasteiger partial charge on any atom is 0.261 e. The normalized spacial score (nSPS) is 9.68. The van der Waals surface area contributed by atoms with E-state index in [0.29, 0.717) is 0 Å². The third-order valence-electron chi connectivity index (χ3n) is 2.42. The fourth-order valence-electron chi connectivity index (χ4n) is 1.50. The van der Waals surface area contributed by atoms with Crippen molar-refractivity contribution in [1.82, 2.24) is 4.98 Å². The van der Waals surface area contributed by atoms with Crippen LogP contribution in [0.15, 0.2) is 41.5 Å². The highest BCUT2D eigenvalue weighted by Gasteiger charge is 2.12. The van der Waals surface area contributed by atoms with E-state index in [0.717, 1.165) is 12.1 Å². The number of rotatable bonds is 2. The van der Waals surface area contributed by atoms with Crippen molar-refractivity contribution in [3.63, 3.8) is 0 Å². The summed E-state index contributed by atoms with van der Waals surface area (Å²) in [5.41, 5.74) is -0.398. The number of aromatic nitrogens is 1. The van der Waals surface area contributed by atoms with Gasteiger partial charge in [0.1, 0.15) is 17.4 Å². The monoisotopic (exact) mass is 257 g/mol. The van der Waals surface area contributed by atoms with Crippen molar-refractivity contribution in [3.05, 3.63) is 63.8 Å². The van der Waals surface area contributed by atoms with Crippen LogP contribution in [0, 0.1) is 17.1 Å². The number of anilines is 1. The first kappa shape index (κ1) is 12.5. The number of pyridine rings is 1. The van der Waals surface area contributed by atoms with E-state index in [4.69, 9.17) is 5.26 Å². The third kappa shape index (κ3) is 2.66. The van der Waals surface area contributed by atoms with Crippen molar-refractivity contribution in [2.75, 3.05) is 5.32 Å². The van der Waals surface area contributed by atoms with Crippen molar-refractivity contribution in [3.8, 4) is 6.07 Å². The van der Waals surface area contributed by atoms with Gasteiger partial charge in [0.25, 0.3) is 5.91 Å². The standard InChI is InChI=1S/C13H8FN3O2/c14-9-1-2-11(8(5-9)6-15)17-13(19)10-7-16-4-3-12(10)18/h1-5,7H,(H,16,18)(H,17,19). The van der Waals surface area contributed by atoms with E-state index in [1.165, 1.54) is 24.5 Å². The zero-order chi connectivity index (χ0) is 13.8. The van der Waals surface area contributed by atoms with Crippen molar-refractivity contribution in [2.45, 2.75) is 0 Å². The molecule has 0 aliphatic rings. The second kappa shape index (κ2) is 5.14. The minimum Gasteiger partial charge on any atom is -0.367 e. The molecule has 0 unspecified atom stereocenters. The Hall–Kier alpha value is -2.94. The second-order valence-electron chi connectivity index (χ2n) is 3.68. The number of nitrogens with zero attached hydrogens (tertiary/aromatic N) is 1. The Morgan fingerprint density at radius 3 is 2.84 bits per heavy atom. The summed E-state index contributed by atoms with van der Waals surface area (Å²) in [4.78, 5) is 25.9. The van der Waals surface area contributed by atoms with Crippen LogP contribution in [0.2, 0.25) is 0 Å². The zero-order valence-electron chi connectivity index (χ0n) is 9.61. The molecule has 0 atom stereocenters. The van der Waals surface area contributed by atoms with Gasteiger partial charge < -0.3 is 10.3 Å². The van der Waals surface area contributed by atoms with Gasteiger partial charge in [-0.15, -0.1) is 0 Å². The lowest BCUT2D eigenvalue weighted by Gasteiger charge is -2.06. The maximum atomic E-state index is 12.9. The molecule has 1 aromatic heterocycles. The topological polar surface area (TPSA) is 85.8 Å². The van der Waals surface area contributed by atoms with E-state index in [-0.39, 0.29) is 16.8 Å². The average Bonchev–Trinajstić information content (AvgIpc) is 2.41. The lowest BCUT2D eigenvalue weighted by Crippen LogP contribution is -2.21. The minimum absolute atomic E-state index is 0.0132. The van der Waals surface area contributed by atoms with Crippen molar-refractivity contribution in [1.29, 1.82) is 5.26 Å². The number of hydrogen-bond acceptors (Lipinski definition) is 3. The molecule has 2 N–H and O–H groups in total. The number of halogens is 1. The molecule has 2 aromatic rings. The molecule has 0 saturated heterocycles. The molecule has 1 heterocycles. The lowest BCUT2D eigenvalue weighted by atomic mass is 10.1. The Bertz CT molecular complexity index is 731. The fourth-order valence-corrected chi connectivity index (χ4v) is 1.50. The van der Waals surface area contributed by atoms with Crippen LogP contribution >= 0.6 is 0 Å². The van der Waals surface area contributed by atoms with Crippen LogP contribution in [-0.4, -0.2) is 10.9 Å². The Balaban J connectivity index is 2.33. The molecule has 0 fully saturated rings. The number of aromatic amines is 1. The fraction of sp³-hybridized carbons (Fsp3) is 0. The molecule has 0 bridgehead atoms. The first-order chi connectivity index (χ1) is 9.11. The molecule has 19 heavy (non-hydrogen) atoms. The lowest BCUT2D eigenvalue weighted by molar-refractivity contribution is 0.102. The highest BCUT2D eigenvalue weighted by molar-refractivity contribution is 6.04. The quantitative estimate of drug-likeness (QED) is 0.857.